The minimum Gasteiger partial charge on any atom is -0.438 e. The van der Waals surface area contributed by atoms with Crippen LogP contribution in [-0.2, 0) is 0 Å². The van der Waals surface area contributed by atoms with E-state index in [1.54, 1.807) is 0 Å². The Kier molecular flexibility index (Phi) is 3.41. The second-order valence-electron chi connectivity index (χ2n) is 4.88. The highest BCUT2D eigenvalue weighted by Gasteiger charge is 2.10. The molecule has 2 aromatic carbocycles. The van der Waals surface area contributed by atoms with Gasteiger partial charge in [-0.2, -0.15) is 4.98 Å². The van der Waals surface area contributed by atoms with Crippen molar-refractivity contribution in [2.24, 2.45) is 5.84 Å². The second-order valence-corrected chi connectivity index (χ2v) is 4.88. The van der Waals surface area contributed by atoms with Crippen molar-refractivity contribution in [2.75, 3.05) is 5.43 Å². The quantitative estimate of drug-likeness (QED) is 0.568. The van der Waals surface area contributed by atoms with E-state index in [-0.39, 0.29) is 0 Å². The van der Waals surface area contributed by atoms with Crippen molar-refractivity contribution in [3.05, 3.63) is 53.6 Å². The predicted molar refractivity (Wildman–Crippen MR) is 83.3 cm³/mol. The van der Waals surface area contributed by atoms with E-state index < -0.39 is 0 Å². The number of rotatable bonds is 3. The largest absolute Gasteiger partial charge is 0.438 e. The highest BCUT2D eigenvalue weighted by molar-refractivity contribution is 5.84. The van der Waals surface area contributed by atoms with Crippen LogP contribution in [-0.4, -0.2) is 9.97 Å². The topological polar surface area (TPSA) is 73.1 Å². The van der Waals surface area contributed by atoms with Crippen LogP contribution < -0.4 is 16.0 Å². The van der Waals surface area contributed by atoms with Gasteiger partial charge in [-0.3, -0.25) is 5.43 Å². The lowest BCUT2D eigenvalue weighted by Gasteiger charge is -2.11. The van der Waals surface area contributed by atoms with Crippen LogP contribution in [0.3, 0.4) is 0 Å². The van der Waals surface area contributed by atoms with Gasteiger partial charge in [0.1, 0.15) is 5.75 Å². The van der Waals surface area contributed by atoms with Gasteiger partial charge in [0.25, 0.3) is 0 Å². The van der Waals surface area contributed by atoms with Gasteiger partial charge in [0.2, 0.25) is 11.8 Å². The van der Waals surface area contributed by atoms with Gasteiger partial charge in [-0.05, 0) is 37.6 Å². The summed E-state index contributed by atoms with van der Waals surface area (Å²) in [5.41, 5.74) is 5.49. The van der Waals surface area contributed by atoms with E-state index >= 15 is 0 Å². The number of fused-ring (bicyclic) bond motifs is 1. The first kappa shape index (κ1) is 13.3. The summed E-state index contributed by atoms with van der Waals surface area (Å²) in [4.78, 5) is 8.61. The predicted octanol–water partition coefficient (Wildman–Crippen LogP) is 3.32. The lowest BCUT2D eigenvalue weighted by molar-refractivity contribution is 0.465. The van der Waals surface area contributed by atoms with Crippen LogP contribution in [0.5, 0.6) is 11.6 Å². The maximum Gasteiger partial charge on any atom is 0.241 e. The maximum absolute atomic E-state index is 5.97. The van der Waals surface area contributed by atoms with Gasteiger partial charge in [0, 0.05) is 0 Å². The van der Waals surface area contributed by atoms with Gasteiger partial charge in [0.15, 0.2) is 0 Å². The molecule has 0 spiro atoms. The number of hydrazine groups is 1. The van der Waals surface area contributed by atoms with Crippen LogP contribution >= 0.6 is 0 Å². The molecule has 5 nitrogen and oxygen atoms in total. The molecule has 0 aliphatic heterocycles. The molecule has 1 aromatic heterocycles. The van der Waals surface area contributed by atoms with Crippen molar-refractivity contribution >= 4 is 16.9 Å². The zero-order valence-electron chi connectivity index (χ0n) is 11.9. The smallest absolute Gasteiger partial charge is 0.241 e. The van der Waals surface area contributed by atoms with Gasteiger partial charge in [0.05, 0.1) is 10.9 Å². The number of nitrogens with two attached hydrogens (primary N) is 1. The van der Waals surface area contributed by atoms with Crippen molar-refractivity contribution < 1.29 is 4.74 Å². The van der Waals surface area contributed by atoms with Crippen LogP contribution in [0.2, 0.25) is 0 Å². The molecule has 3 rings (SSSR count). The van der Waals surface area contributed by atoms with Gasteiger partial charge in [-0.25, -0.2) is 10.8 Å². The van der Waals surface area contributed by atoms with E-state index in [2.05, 4.69) is 21.5 Å². The highest BCUT2D eigenvalue weighted by Crippen LogP contribution is 2.30. The molecule has 1 heterocycles. The fourth-order valence-corrected chi connectivity index (χ4v) is 2.21. The summed E-state index contributed by atoms with van der Waals surface area (Å²) in [6, 6.07) is 13.7. The fourth-order valence-electron chi connectivity index (χ4n) is 2.21. The van der Waals surface area contributed by atoms with Crippen molar-refractivity contribution in [1.29, 1.82) is 0 Å². The normalized spacial score (nSPS) is 10.6. The molecule has 0 atom stereocenters. The first-order valence-corrected chi connectivity index (χ1v) is 6.66. The minimum atomic E-state index is 0.327. The third-order valence-electron chi connectivity index (χ3n) is 3.23. The van der Waals surface area contributed by atoms with Crippen LogP contribution in [0.1, 0.15) is 11.1 Å². The molecule has 5 heteroatoms. The molecule has 0 bridgehead atoms. The summed E-state index contributed by atoms with van der Waals surface area (Å²) >= 11 is 0. The summed E-state index contributed by atoms with van der Waals surface area (Å²) in [6.07, 6.45) is 0. The number of nitrogens with one attached hydrogen (secondary N) is 1. The number of hydrogen-bond donors (Lipinski definition) is 2. The zero-order valence-corrected chi connectivity index (χ0v) is 11.9. The third kappa shape index (κ3) is 2.64. The molecule has 3 N–H and O–H groups in total. The third-order valence-corrected chi connectivity index (χ3v) is 3.23. The molecule has 0 amide bonds. The lowest BCUT2D eigenvalue weighted by Crippen LogP contribution is -2.11. The van der Waals surface area contributed by atoms with Crippen molar-refractivity contribution in [1.82, 2.24) is 9.97 Å². The molecule has 3 aromatic rings. The van der Waals surface area contributed by atoms with E-state index in [1.165, 1.54) is 5.56 Å². The monoisotopic (exact) mass is 280 g/mol. The molecular weight excluding hydrogens is 264 g/mol. The summed E-state index contributed by atoms with van der Waals surface area (Å²) in [5, 5.41) is 0.844. The summed E-state index contributed by atoms with van der Waals surface area (Å²) in [7, 11) is 0. The number of anilines is 1. The SMILES string of the molecule is Cc1ccc(Oc2nc(NN)nc3ccccc23)c(C)c1. The number of aromatic nitrogens is 2. The second kappa shape index (κ2) is 5.38. The Morgan fingerprint density at radius 1 is 1.05 bits per heavy atom. The summed E-state index contributed by atoms with van der Waals surface area (Å²) in [6.45, 7) is 4.06. The Morgan fingerprint density at radius 3 is 2.62 bits per heavy atom. The Labute approximate surface area is 122 Å². The minimum absolute atomic E-state index is 0.327. The average molecular weight is 280 g/mol. The van der Waals surface area contributed by atoms with E-state index in [9.17, 15) is 0 Å². The molecule has 0 saturated carbocycles. The number of ether oxygens (including phenoxy) is 1. The number of para-hydroxylation sites is 1. The average Bonchev–Trinajstić information content (AvgIpc) is 2.49. The van der Waals surface area contributed by atoms with Gasteiger partial charge in [-0.1, -0.05) is 29.8 Å². The lowest BCUT2D eigenvalue weighted by atomic mass is 10.1. The number of hydrogen-bond acceptors (Lipinski definition) is 5. The number of aryl methyl sites for hydroxylation is 2. The first-order chi connectivity index (χ1) is 10.2. The Balaban J connectivity index is 2.10. The van der Waals surface area contributed by atoms with E-state index in [4.69, 9.17) is 10.6 Å². The molecule has 0 aliphatic carbocycles. The molecule has 106 valence electrons. The standard InChI is InChI=1S/C16H16N4O/c1-10-7-8-14(11(2)9-10)21-15-12-5-3-4-6-13(12)18-16(19-15)20-17/h3-9H,17H2,1-2H3,(H,18,19,20). The summed E-state index contributed by atoms with van der Waals surface area (Å²) in [5.74, 6) is 7.01. The van der Waals surface area contributed by atoms with Gasteiger partial charge >= 0.3 is 0 Å². The molecule has 21 heavy (non-hydrogen) atoms. The maximum atomic E-state index is 5.97. The first-order valence-electron chi connectivity index (χ1n) is 6.66. The van der Waals surface area contributed by atoms with Crippen molar-refractivity contribution in [3.63, 3.8) is 0 Å². The van der Waals surface area contributed by atoms with Crippen molar-refractivity contribution in [2.45, 2.75) is 13.8 Å². The van der Waals surface area contributed by atoms with E-state index in [1.807, 2.05) is 50.2 Å². The number of nitrogen functional groups attached to an aromatic ring is 1. The number of nitrogens with zero attached hydrogens (tertiary/aromatic N) is 2. The van der Waals surface area contributed by atoms with E-state index in [0.717, 1.165) is 22.2 Å². The molecule has 0 fully saturated rings. The number of benzene rings is 2. The van der Waals surface area contributed by atoms with Gasteiger partial charge < -0.3 is 4.74 Å². The fraction of sp³-hybridized carbons (Fsp3) is 0.125. The highest BCUT2D eigenvalue weighted by atomic mass is 16.5. The molecule has 0 radical (unpaired) electrons. The van der Waals surface area contributed by atoms with Crippen LogP contribution in [0, 0.1) is 13.8 Å². The Bertz CT molecular complexity index is 801. The van der Waals surface area contributed by atoms with Crippen LogP contribution in [0.25, 0.3) is 10.9 Å². The van der Waals surface area contributed by atoms with Crippen LogP contribution in [0.15, 0.2) is 42.5 Å². The zero-order chi connectivity index (χ0) is 14.8. The molecule has 0 unspecified atom stereocenters. The Hall–Kier alpha value is -2.66. The van der Waals surface area contributed by atoms with Crippen molar-refractivity contribution in [3.8, 4) is 11.6 Å². The molecule has 0 saturated heterocycles. The van der Waals surface area contributed by atoms with Gasteiger partial charge in [-0.15, -0.1) is 0 Å². The molecular formula is C16H16N4O. The summed E-state index contributed by atoms with van der Waals surface area (Å²) < 4.78 is 5.97. The van der Waals surface area contributed by atoms with Crippen LogP contribution in [0.4, 0.5) is 5.95 Å². The Morgan fingerprint density at radius 2 is 1.86 bits per heavy atom. The molecule has 0 aliphatic rings. The van der Waals surface area contributed by atoms with E-state index in [0.29, 0.717) is 11.8 Å².